The summed E-state index contributed by atoms with van der Waals surface area (Å²) in [5.41, 5.74) is 1.39. The zero-order chi connectivity index (χ0) is 13.9. The first-order valence-electron chi connectivity index (χ1n) is 7.41. The van der Waals surface area contributed by atoms with Gasteiger partial charge in [-0.05, 0) is 30.9 Å². The van der Waals surface area contributed by atoms with Gasteiger partial charge in [0.25, 0.3) is 5.91 Å². The molecule has 1 fully saturated rings. The lowest BCUT2D eigenvalue weighted by atomic mass is 9.86. The fourth-order valence-corrected chi connectivity index (χ4v) is 2.97. The Morgan fingerprint density at radius 2 is 1.95 bits per heavy atom. The van der Waals surface area contributed by atoms with E-state index in [1.165, 1.54) is 19.3 Å². The van der Waals surface area contributed by atoms with Crippen molar-refractivity contribution in [3.8, 4) is 0 Å². The maximum atomic E-state index is 12.3. The van der Waals surface area contributed by atoms with Crippen molar-refractivity contribution in [1.29, 1.82) is 0 Å². The zero-order valence-corrected chi connectivity index (χ0v) is 11.8. The molecule has 3 heteroatoms. The van der Waals surface area contributed by atoms with E-state index in [1.54, 1.807) is 0 Å². The SMILES string of the molecule is C[C@H]1CCCC[C@@H]1NC(=O)c1ccc2ccccc2n1. The first kappa shape index (κ1) is 13.1. The van der Waals surface area contributed by atoms with E-state index in [0.29, 0.717) is 17.7 Å². The Balaban J connectivity index is 1.78. The second-order valence-corrected chi connectivity index (χ2v) is 5.73. The van der Waals surface area contributed by atoms with Gasteiger partial charge in [0.1, 0.15) is 5.69 Å². The minimum Gasteiger partial charge on any atom is -0.348 e. The summed E-state index contributed by atoms with van der Waals surface area (Å²) in [5.74, 6) is 0.516. The molecular formula is C17H20N2O. The predicted molar refractivity (Wildman–Crippen MR) is 80.6 cm³/mol. The van der Waals surface area contributed by atoms with E-state index in [9.17, 15) is 4.79 Å². The van der Waals surface area contributed by atoms with Crippen LogP contribution in [0, 0.1) is 5.92 Å². The molecule has 1 amide bonds. The van der Waals surface area contributed by atoms with Crippen molar-refractivity contribution >= 4 is 16.8 Å². The molecule has 1 saturated carbocycles. The number of benzene rings is 1. The topological polar surface area (TPSA) is 42.0 Å². The molecule has 20 heavy (non-hydrogen) atoms. The van der Waals surface area contributed by atoms with Crippen LogP contribution in [0.2, 0.25) is 0 Å². The number of aromatic nitrogens is 1. The average molecular weight is 268 g/mol. The van der Waals surface area contributed by atoms with Gasteiger partial charge in [-0.25, -0.2) is 4.98 Å². The van der Waals surface area contributed by atoms with Crippen molar-refractivity contribution < 1.29 is 4.79 Å². The number of nitrogens with zero attached hydrogens (tertiary/aromatic N) is 1. The fraction of sp³-hybridized carbons (Fsp3) is 0.412. The monoisotopic (exact) mass is 268 g/mol. The molecule has 3 nitrogen and oxygen atoms in total. The van der Waals surface area contributed by atoms with Crippen LogP contribution in [-0.2, 0) is 0 Å². The highest BCUT2D eigenvalue weighted by molar-refractivity contribution is 5.95. The molecule has 0 spiro atoms. The molecule has 104 valence electrons. The van der Waals surface area contributed by atoms with Crippen LogP contribution in [-0.4, -0.2) is 16.9 Å². The van der Waals surface area contributed by atoms with Gasteiger partial charge in [-0.15, -0.1) is 0 Å². The van der Waals surface area contributed by atoms with Crippen molar-refractivity contribution in [3.05, 3.63) is 42.1 Å². The number of nitrogens with one attached hydrogen (secondary N) is 1. The van der Waals surface area contributed by atoms with E-state index < -0.39 is 0 Å². The highest BCUT2D eigenvalue weighted by Gasteiger charge is 2.23. The van der Waals surface area contributed by atoms with Crippen molar-refractivity contribution in [2.24, 2.45) is 5.92 Å². The van der Waals surface area contributed by atoms with E-state index in [0.717, 1.165) is 17.3 Å². The van der Waals surface area contributed by atoms with Gasteiger partial charge in [0.05, 0.1) is 5.52 Å². The first-order valence-corrected chi connectivity index (χ1v) is 7.41. The number of fused-ring (bicyclic) bond motifs is 1. The van der Waals surface area contributed by atoms with E-state index in [-0.39, 0.29) is 5.91 Å². The van der Waals surface area contributed by atoms with Crippen LogP contribution in [0.15, 0.2) is 36.4 Å². The van der Waals surface area contributed by atoms with Gasteiger partial charge >= 0.3 is 0 Å². The zero-order valence-electron chi connectivity index (χ0n) is 11.8. The predicted octanol–water partition coefficient (Wildman–Crippen LogP) is 3.54. The summed E-state index contributed by atoms with van der Waals surface area (Å²) in [7, 11) is 0. The number of carbonyl (C=O) groups is 1. The van der Waals surface area contributed by atoms with Crippen LogP contribution in [0.25, 0.3) is 10.9 Å². The third kappa shape index (κ3) is 2.67. The Bertz CT molecular complexity index is 623. The summed E-state index contributed by atoms with van der Waals surface area (Å²) in [5, 5.41) is 4.21. The fourth-order valence-electron chi connectivity index (χ4n) is 2.97. The average Bonchev–Trinajstić information content (AvgIpc) is 2.49. The van der Waals surface area contributed by atoms with E-state index >= 15 is 0 Å². The summed E-state index contributed by atoms with van der Waals surface area (Å²) < 4.78 is 0. The summed E-state index contributed by atoms with van der Waals surface area (Å²) in [6, 6.07) is 11.9. The largest absolute Gasteiger partial charge is 0.348 e. The minimum absolute atomic E-state index is 0.0468. The molecule has 1 aromatic carbocycles. The van der Waals surface area contributed by atoms with Crippen LogP contribution >= 0.6 is 0 Å². The molecule has 1 aliphatic carbocycles. The molecule has 1 aliphatic rings. The smallest absolute Gasteiger partial charge is 0.270 e. The number of hydrogen-bond acceptors (Lipinski definition) is 2. The lowest BCUT2D eigenvalue weighted by molar-refractivity contribution is 0.0905. The third-order valence-corrected chi connectivity index (χ3v) is 4.26. The Morgan fingerprint density at radius 3 is 2.80 bits per heavy atom. The highest BCUT2D eigenvalue weighted by Crippen LogP contribution is 2.24. The highest BCUT2D eigenvalue weighted by atomic mass is 16.1. The van der Waals surface area contributed by atoms with Gasteiger partial charge in [-0.2, -0.15) is 0 Å². The van der Waals surface area contributed by atoms with Gasteiger partial charge in [-0.1, -0.05) is 44.0 Å². The minimum atomic E-state index is -0.0468. The van der Waals surface area contributed by atoms with Crippen LogP contribution < -0.4 is 5.32 Å². The first-order chi connectivity index (χ1) is 9.74. The molecule has 1 N–H and O–H groups in total. The second kappa shape index (κ2) is 5.61. The van der Waals surface area contributed by atoms with Crippen LogP contribution in [0.4, 0.5) is 0 Å². The molecule has 0 radical (unpaired) electrons. The van der Waals surface area contributed by atoms with Crippen molar-refractivity contribution in [2.45, 2.75) is 38.6 Å². The van der Waals surface area contributed by atoms with Gasteiger partial charge in [0, 0.05) is 11.4 Å². The molecule has 0 saturated heterocycles. The van der Waals surface area contributed by atoms with Crippen molar-refractivity contribution in [2.75, 3.05) is 0 Å². The number of hydrogen-bond donors (Lipinski definition) is 1. The Labute approximate surface area is 119 Å². The Morgan fingerprint density at radius 1 is 1.15 bits per heavy atom. The molecule has 2 aromatic rings. The molecule has 0 aliphatic heterocycles. The molecule has 0 unspecified atom stereocenters. The number of rotatable bonds is 2. The summed E-state index contributed by atoms with van der Waals surface area (Å²) in [6.07, 6.45) is 4.78. The number of para-hydroxylation sites is 1. The van der Waals surface area contributed by atoms with Gasteiger partial charge in [0.2, 0.25) is 0 Å². The molecule has 1 aromatic heterocycles. The number of carbonyl (C=O) groups excluding carboxylic acids is 1. The van der Waals surface area contributed by atoms with Crippen LogP contribution in [0.5, 0.6) is 0 Å². The number of amides is 1. The quantitative estimate of drug-likeness (QED) is 0.905. The second-order valence-electron chi connectivity index (χ2n) is 5.73. The lowest BCUT2D eigenvalue weighted by Crippen LogP contribution is -2.41. The Kier molecular flexibility index (Phi) is 3.68. The van der Waals surface area contributed by atoms with Gasteiger partial charge in [0.15, 0.2) is 0 Å². The van der Waals surface area contributed by atoms with Crippen molar-refractivity contribution in [3.63, 3.8) is 0 Å². The molecule has 0 bridgehead atoms. The standard InChI is InChI=1S/C17H20N2O/c1-12-6-2-4-8-14(12)19-17(20)16-11-10-13-7-3-5-9-15(13)18-16/h3,5,7,9-12,14H,2,4,6,8H2,1H3,(H,19,20)/t12-,14-/m0/s1. The van der Waals surface area contributed by atoms with Crippen LogP contribution in [0.1, 0.15) is 43.1 Å². The molecule has 3 rings (SSSR count). The Hall–Kier alpha value is -1.90. The molecule has 1 heterocycles. The molecular weight excluding hydrogens is 248 g/mol. The summed E-state index contributed by atoms with van der Waals surface area (Å²) in [4.78, 5) is 16.8. The van der Waals surface area contributed by atoms with Crippen molar-refractivity contribution in [1.82, 2.24) is 10.3 Å². The normalized spacial score (nSPS) is 22.6. The maximum Gasteiger partial charge on any atom is 0.270 e. The third-order valence-electron chi connectivity index (χ3n) is 4.26. The van der Waals surface area contributed by atoms with Gasteiger partial charge < -0.3 is 5.32 Å². The maximum absolute atomic E-state index is 12.3. The molecule has 2 atom stereocenters. The van der Waals surface area contributed by atoms with E-state index in [1.807, 2.05) is 36.4 Å². The summed E-state index contributed by atoms with van der Waals surface area (Å²) in [6.45, 7) is 2.22. The summed E-state index contributed by atoms with van der Waals surface area (Å²) >= 11 is 0. The van der Waals surface area contributed by atoms with Crippen LogP contribution in [0.3, 0.4) is 0 Å². The number of pyridine rings is 1. The van der Waals surface area contributed by atoms with E-state index in [2.05, 4.69) is 17.2 Å². The van der Waals surface area contributed by atoms with E-state index in [4.69, 9.17) is 0 Å². The van der Waals surface area contributed by atoms with Gasteiger partial charge in [-0.3, -0.25) is 4.79 Å². The lowest BCUT2D eigenvalue weighted by Gasteiger charge is -2.29.